The first-order valence-corrected chi connectivity index (χ1v) is 6.79. The Balaban J connectivity index is 2.03. The minimum Gasteiger partial charge on any atom is -0.393 e. The first-order valence-electron chi connectivity index (χ1n) is 6.79. The molecule has 1 aliphatic rings. The molecule has 1 fully saturated rings. The van der Waals surface area contributed by atoms with E-state index in [1.807, 2.05) is 6.07 Å². The van der Waals surface area contributed by atoms with E-state index in [0.29, 0.717) is 18.7 Å². The maximum Gasteiger partial charge on any atom is 0.256 e. The Bertz CT molecular complexity index is 419. The third kappa shape index (κ3) is 3.33. The summed E-state index contributed by atoms with van der Waals surface area (Å²) in [6.45, 7) is 2.94. The number of aliphatic hydroxyl groups excluding tert-OH is 2. The van der Waals surface area contributed by atoms with E-state index in [0.717, 1.165) is 12.8 Å². The van der Waals surface area contributed by atoms with Crippen molar-refractivity contribution in [3.05, 3.63) is 35.9 Å². The van der Waals surface area contributed by atoms with Crippen LogP contribution >= 0.6 is 0 Å². The van der Waals surface area contributed by atoms with Crippen molar-refractivity contribution < 1.29 is 15.0 Å². The highest BCUT2D eigenvalue weighted by atomic mass is 16.3. The third-order valence-electron chi connectivity index (χ3n) is 3.80. The zero-order chi connectivity index (χ0) is 13.8. The molecule has 1 saturated heterocycles. The van der Waals surface area contributed by atoms with Crippen LogP contribution < -0.4 is 0 Å². The summed E-state index contributed by atoms with van der Waals surface area (Å²) in [5.41, 5.74) is 0.617. The minimum absolute atomic E-state index is 0.112. The molecular weight excluding hydrogens is 242 g/mol. The number of carbonyl (C=O) groups is 1. The molecule has 2 N–H and O–H groups in total. The van der Waals surface area contributed by atoms with Gasteiger partial charge in [0.05, 0.1) is 6.10 Å². The van der Waals surface area contributed by atoms with Crippen molar-refractivity contribution in [3.8, 4) is 0 Å². The van der Waals surface area contributed by atoms with Gasteiger partial charge in [-0.2, -0.15) is 0 Å². The minimum atomic E-state index is -1.10. The summed E-state index contributed by atoms with van der Waals surface area (Å²) in [7, 11) is 0. The van der Waals surface area contributed by atoms with Crippen molar-refractivity contribution in [2.45, 2.75) is 32.0 Å². The Hall–Kier alpha value is -1.39. The molecule has 1 aromatic rings. The lowest BCUT2D eigenvalue weighted by molar-refractivity contribution is -0.143. The van der Waals surface area contributed by atoms with Crippen molar-refractivity contribution in [2.24, 2.45) is 5.92 Å². The molecule has 0 spiro atoms. The lowest BCUT2D eigenvalue weighted by Gasteiger charge is -2.35. The quantitative estimate of drug-likeness (QED) is 0.865. The largest absolute Gasteiger partial charge is 0.393 e. The molecule has 1 aliphatic heterocycles. The van der Waals surface area contributed by atoms with Crippen LogP contribution in [0.15, 0.2) is 30.3 Å². The van der Waals surface area contributed by atoms with Crippen molar-refractivity contribution in [3.63, 3.8) is 0 Å². The lowest BCUT2D eigenvalue weighted by Crippen LogP contribution is -2.44. The number of carbonyl (C=O) groups excluding carboxylic acids is 1. The smallest absolute Gasteiger partial charge is 0.256 e. The normalized spacial score (nSPS) is 22.9. The number of hydrogen-bond acceptors (Lipinski definition) is 3. The second-order valence-corrected chi connectivity index (χ2v) is 5.24. The van der Waals surface area contributed by atoms with Gasteiger partial charge in [0.1, 0.15) is 0 Å². The molecule has 19 heavy (non-hydrogen) atoms. The van der Waals surface area contributed by atoms with Gasteiger partial charge < -0.3 is 15.1 Å². The second-order valence-electron chi connectivity index (χ2n) is 5.24. The molecule has 0 aromatic heterocycles. The zero-order valence-electron chi connectivity index (χ0n) is 11.2. The summed E-state index contributed by atoms with van der Waals surface area (Å²) in [6.07, 6.45) is 0.296. The predicted molar refractivity (Wildman–Crippen MR) is 72.4 cm³/mol. The van der Waals surface area contributed by atoms with Crippen LogP contribution in [-0.4, -0.2) is 40.2 Å². The van der Waals surface area contributed by atoms with Crippen LogP contribution in [0.25, 0.3) is 0 Å². The van der Waals surface area contributed by atoms with E-state index >= 15 is 0 Å². The molecule has 0 saturated carbocycles. The maximum atomic E-state index is 12.3. The van der Waals surface area contributed by atoms with Crippen LogP contribution in [0, 0.1) is 5.92 Å². The molecular formula is C15H21NO3. The van der Waals surface area contributed by atoms with Gasteiger partial charge in [-0.3, -0.25) is 4.79 Å². The molecule has 2 rings (SSSR count). The summed E-state index contributed by atoms with van der Waals surface area (Å²) >= 11 is 0. The Labute approximate surface area is 113 Å². The molecule has 0 bridgehead atoms. The van der Waals surface area contributed by atoms with E-state index in [1.165, 1.54) is 0 Å². The predicted octanol–water partition coefficient (Wildman–Crippen LogP) is 1.34. The number of likely N-dealkylation sites (tertiary alicyclic amines) is 1. The molecule has 1 heterocycles. The van der Waals surface area contributed by atoms with Gasteiger partial charge in [-0.1, -0.05) is 30.3 Å². The summed E-state index contributed by atoms with van der Waals surface area (Å²) in [4.78, 5) is 13.9. The highest BCUT2D eigenvalue weighted by Gasteiger charge is 2.30. The Kier molecular flexibility index (Phi) is 4.56. The van der Waals surface area contributed by atoms with Crippen molar-refractivity contribution in [1.82, 2.24) is 4.90 Å². The first kappa shape index (κ1) is 14.0. The van der Waals surface area contributed by atoms with Gasteiger partial charge in [-0.15, -0.1) is 0 Å². The number of benzene rings is 1. The molecule has 104 valence electrons. The van der Waals surface area contributed by atoms with Crippen molar-refractivity contribution in [1.29, 1.82) is 0 Å². The molecule has 1 aromatic carbocycles. The molecule has 4 nitrogen and oxygen atoms in total. The fourth-order valence-electron chi connectivity index (χ4n) is 2.55. The van der Waals surface area contributed by atoms with E-state index < -0.39 is 12.2 Å². The maximum absolute atomic E-state index is 12.3. The number of rotatable bonds is 3. The van der Waals surface area contributed by atoms with Gasteiger partial charge >= 0.3 is 0 Å². The fourth-order valence-corrected chi connectivity index (χ4v) is 2.55. The van der Waals surface area contributed by atoms with Crippen molar-refractivity contribution >= 4 is 5.91 Å². The summed E-state index contributed by atoms with van der Waals surface area (Å²) in [5, 5.41) is 19.7. The third-order valence-corrected chi connectivity index (χ3v) is 3.80. The Morgan fingerprint density at radius 3 is 2.63 bits per heavy atom. The van der Waals surface area contributed by atoms with Crippen LogP contribution in [0.5, 0.6) is 0 Å². The van der Waals surface area contributed by atoms with Gasteiger partial charge in [0.25, 0.3) is 5.91 Å². The zero-order valence-corrected chi connectivity index (χ0v) is 11.2. The van der Waals surface area contributed by atoms with Gasteiger partial charge in [-0.05, 0) is 25.3 Å². The average molecular weight is 263 g/mol. The Morgan fingerprint density at radius 1 is 1.32 bits per heavy atom. The molecule has 0 radical (unpaired) electrons. The highest BCUT2D eigenvalue weighted by molar-refractivity contribution is 5.82. The Morgan fingerprint density at radius 2 is 2.00 bits per heavy atom. The molecule has 2 unspecified atom stereocenters. The van der Waals surface area contributed by atoms with Crippen LogP contribution in [0.1, 0.15) is 31.4 Å². The summed E-state index contributed by atoms with van der Waals surface area (Å²) in [5.74, 6) is -0.155. The molecule has 0 aliphatic carbocycles. The SMILES string of the molecule is CC(O)C1CCCN(C(=O)[C@@H](O)c2ccccc2)C1. The standard InChI is InChI=1S/C15H21NO3/c1-11(17)13-8-5-9-16(10-13)15(19)14(18)12-6-3-2-4-7-12/h2-4,6-7,11,13-14,17-18H,5,8-10H2,1H3/t11?,13?,14-/m0/s1. The van der Waals surface area contributed by atoms with Gasteiger partial charge in [0.15, 0.2) is 6.10 Å². The van der Waals surface area contributed by atoms with E-state index in [1.54, 1.807) is 36.1 Å². The van der Waals surface area contributed by atoms with E-state index in [2.05, 4.69) is 0 Å². The number of hydrogen-bond donors (Lipinski definition) is 2. The fraction of sp³-hybridized carbons (Fsp3) is 0.533. The number of amides is 1. The number of aliphatic hydroxyl groups is 2. The summed E-state index contributed by atoms with van der Waals surface area (Å²) in [6, 6.07) is 8.96. The molecule has 1 amide bonds. The van der Waals surface area contributed by atoms with Gasteiger partial charge in [0.2, 0.25) is 0 Å². The lowest BCUT2D eigenvalue weighted by atomic mass is 9.93. The average Bonchev–Trinajstić information content (AvgIpc) is 2.46. The molecule has 4 heteroatoms. The number of nitrogens with zero attached hydrogens (tertiary/aromatic N) is 1. The topological polar surface area (TPSA) is 60.8 Å². The van der Waals surface area contributed by atoms with E-state index in [4.69, 9.17) is 0 Å². The van der Waals surface area contributed by atoms with Gasteiger partial charge in [-0.25, -0.2) is 0 Å². The van der Waals surface area contributed by atoms with Gasteiger partial charge in [0, 0.05) is 19.0 Å². The highest BCUT2D eigenvalue weighted by Crippen LogP contribution is 2.23. The van der Waals surface area contributed by atoms with E-state index in [9.17, 15) is 15.0 Å². The van der Waals surface area contributed by atoms with E-state index in [-0.39, 0.29) is 11.8 Å². The number of piperidine rings is 1. The first-order chi connectivity index (χ1) is 9.09. The van der Waals surface area contributed by atoms with Crippen LogP contribution in [0.4, 0.5) is 0 Å². The monoisotopic (exact) mass is 263 g/mol. The molecule has 3 atom stereocenters. The van der Waals surface area contributed by atoms with Crippen LogP contribution in [-0.2, 0) is 4.79 Å². The van der Waals surface area contributed by atoms with Crippen LogP contribution in [0.2, 0.25) is 0 Å². The second kappa shape index (κ2) is 6.17. The van der Waals surface area contributed by atoms with Crippen LogP contribution in [0.3, 0.4) is 0 Å². The van der Waals surface area contributed by atoms with Crippen molar-refractivity contribution in [2.75, 3.05) is 13.1 Å². The summed E-state index contributed by atoms with van der Waals surface area (Å²) < 4.78 is 0.